The second-order valence-electron chi connectivity index (χ2n) is 8.95. The Hall–Kier alpha value is -1.35. The standard InChI is InChI=1S/C23H34N2O/c1-24-22(26)17-23(12-5-13-23)25-14-10-18(11-15-25)8-9-20-16-21(20)19-6-3-2-4-7-19/h2-4,6-7,18,20-21H,5,8-17H2,1H3,(H,24,26). The van der Waals surface area contributed by atoms with E-state index in [1.165, 1.54) is 64.5 Å². The predicted octanol–water partition coefficient (Wildman–Crippen LogP) is 4.34. The van der Waals surface area contributed by atoms with Gasteiger partial charge in [-0.2, -0.15) is 0 Å². The van der Waals surface area contributed by atoms with Crippen LogP contribution in [0.4, 0.5) is 0 Å². The highest BCUT2D eigenvalue weighted by Gasteiger charge is 2.45. The molecule has 3 aliphatic rings. The van der Waals surface area contributed by atoms with Crippen molar-refractivity contribution in [3.05, 3.63) is 35.9 Å². The van der Waals surface area contributed by atoms with Gasteiger partial charge in [0, 0.05) is 19.0 Å². The summed E-state index contributed by atoms with van der Waals surface area (Å²) in [5, 5.41) is 2.83. The molecule has 0 spiro atoms. The lowest BCUT2D eigenvalue weighted by molar-refractivity contribution is -0.126. The number of likely N-dealkylation sites (tertiary alicyclic amines) is 1. The quantitative estimate of drug-likeness (QED) is 0.790. The molecule has 2 unspecified atom stereocenters. The zero-order valence-electron chi connectivity index (χ0n) is 16.3. The first-order valence-corrected chi connectivity index (χ1v) is 10.7. The van der Waals surface area contributed by atoms with Gasteiger partial charge in [-0.3, -0.25) is 9.69 Å². The van der Waals surface area contributed by atoms with Crippen molar-refractivity contribution in [2.45, 2.75) is 69.2 Å². The summed E-state index contributed by atoms with van der Waals surface area (Å²) in [7, 11) is 1.77. The average Bonchev–Trinajstić information content (AvgIpc) is 3.44. The summed E-state index contributed by atoms with van der Waals surface area (Å²) in [4.78, 5) is 14.6. The molecule has 0 aromatic heterocycles. The summed E-state index contributed by atoms with van der Waals surface area (Å²) in [6.45, 7) is 2.41. The zero-order chi connectivity index (χ0) is 18.0. The zero-order valence-corrected chi connectivity index (χ0v) is 16.3. The molecule has 2 atom stereocenters. The topological polar surface area (TPSA) is 32.3 Å². The second kappa shape index (κ2) is 7.72. The van der Waals surface area contributed by atoms with E-state index in [0.29, 0.717) is 6.42 Å². The number of hydrogen-bond acceptors (Lipinski definition) is 2. The molecule has 2 saturated carbocycles. The van der Waals surface area contributed by atoms with E-state index in [0.717, 1.165) is 17.8 Å². The Kier molecular flexibility index (Phi) is 5.35. The molecule has 3 heteroatoms. The van der Waals surface area contributed by atoms with Gasteiger partial charge in [0.15, 0.2) is 0 Å². The van der Waals surface area contributed by atoms with Gasteiger partial charge in [0.05, 0.1) is 0 Å². The molecule has 1 saturated heterocycles. The molecular formula is C23H34N2O. The van der Waals surface area contributed by atoms with Crippen LogP contribution < -0.4 is 5.32 Å². The minimum Gasteiger partial charge on any atom is -0.359 e. The number of nitrogens with zero attached hydrogens (tertiary/aromatic N) is 1. The van der Waals surface area contributed by atoms with E-state index < -0.39 is 0 Å². The molecule has 2 aliphatic carbocycles. The number of hydrogen-bond donors (Lipinski definition) is 1. The third-order valence-electron chi connectivity index (χ3n) is 7.43. The van der Waals surface area contributed by atoms with E-state index in [1.807, 2.05) is 0 Å². The van der Waals surface area contributed by atoms with Crippen molar-refractivity contribution in [2.24, 2.45) is 11.8 Å². The number of piperidine rings is 1. The van der Waals surface area contributed by atoms with Gasteiger partial charge in [0.2, 0.25) is 5.91 Å². The normalized spacial score (nSPS) is 28.3. The maximum atomic E-state index is 11.9. The molecule has 3 nitrogen and oxygen atoms in total. The summed E-state index contributed by atoms with van der Waals surface area (Å²) in [6.07, 6.45) is 11.3. The smallest absolute Gasteiger partial charge is 0.221 e. The van der Waals surface area contributed by atoms with Crippen molar-refractivity contribution in [3.8, 4) is 0 Å². The fourth-order valence-corrected chi connectivity index (χ4v) is 5.40. The molecule has 0 bridgehead atoms. The van der Waals surface area contributed by atoms with E-state index in [2.05, 4.69) is 40.5 Å². The largest absolute Gasteiger partial charge is 0.359 e. The molecule has 4 rings (SSSR count). The number of benzene rings is 1. The van der Waals surface area contributed by atoms with Crippen LogP contribution >= 0.6 is 0 Å². The molecule has 1 N–H and O–H groups in total. The summed E-state index contributed by atoms with van der Waals surface area (Å²) in [6, 6.07) is 11.1. The average molecular weight is 355 g/mol. The number of carbonyl (C=O) groups excluding carboxylic acids is 1. The highest BCUT2D eigenvalue weighted by atomic mass is 16.1. The predicted molar refractivity (Wildman–Crippen MR) is 106 cm³/mol. The van der Waals surface area contributed by atoms with Crippen LogP contribution in [0.2, 0.25) is 0 Å². The third kappa shape index (κ3) is 3.83. The number of carbonyl (C=O) groups is 1. The molecule has 0 radical (unpaired) electrons. The second-order valence-corrected chi connectivity index (χ2v) is 8.95. The van der Waals surface area contributed by atoms with Crippen molar-refractivity contribution in [1.82, 2.24) is 10.2 Å². The van der Waals surface area contributed by atoms with Crippen molar-refractivity contribution in [3.63, 3.8) is 0 Å². The molecule has 1 aromatic carbocycles. The minimum absolute atomic E-state index is 0.194. The van der Waals surface area contributed by atoms with Crippen molar-refractivity contribution >= 4 is 5.91 Å². The first-order valence-electron chi connectivity index (χ1n) is 10.7. The van der Waals surface area contributed by atoms with Gasteiger partial charge in [0.25, 0.3) is 0 Å². The number of rotatable bonds is 7. The van der Waals surface area contributed by atoms with Crippen molar-refractivity contribution < 1.29 is 4.79 Å². The van der Waals surface area contributed by atoms with Crippen LogP contribution in [-0.4, -0.2) is 36.5 Å². The first-order chi connectivity index (χ1) is 12.7. The molecule has 1 aliphatic heterocycles. The third-order valence-corrected chi connectivity index (χ3v) is 7.43. The molecular weight excluding hydrogens is 320 g/mol. The van der Waals surface area contributed by atoms with Gasteiger partial charge in [-0.15, -0.1) is 0 Å². The minimum atomic E-state index is 0.194. The van der Waals surface area contributed by atoms with Crippen LogP contribution in [0.1, 0.15) is 69.3 Å². The summed E-state index contributed by atoms with van der Waals surface area (Å²) in [5.74, 6) is 2.89. The monoisotopic (exact) mass is 354 g/mol. The van der Waals surface area contributed by atoms with Gasteiger partial charge in [0.1, 0.15) is 0 Å². The Morgan fingerprint density at radius 2 is 1.88 bits per heavy atom. The number of amides is 1. The fraction of sp³-hybridized carbons (Fsp3) is 0.696. The van der Waals surface area contributed by atoms with Crippen LogP contribution in [-0.2, 0) is 4.79 Å². The van der Waals surface area contributed by atoms with Crippen LogP contribution in [0.3, 0.4) is 0 Å². The number of nitrogens with one attached hydrogen (secondary N) is 1. The molecule has 142 valence electrons. The maximum Gasteiger partial charge on any atom is 0.221 e. The van der Waals surface area contributed by atoms with E-state index in [4.69, 9.17) is 0 Å². The van der Waals surface area contributed by atoms with Gasteiger partial charge >= 0.3 is 0 Å². The van der Waals surface area contributed by atoms with Gasteiger partial charge in [-0.1, -0.05) is 36.8 Å². The molecule has 1 heterocycles. The lowest BCUT2D eigenvalue weighted by Crippen LogP contribution is -2.58. The lowest BCUT2D eigenvalue weighted by Gasteiger charge is -2.52. The fourth-order valence-electron chi connectivity index (χ4n) is 5.40. The highest BCUT2D eigenvalue weighted by molar-refractivity contribution is 5.77. The van der Waals surface area contributed by atoms with Gasteiger partial charge < -0.3 is 5.32 Å². The van der Waals surface area contributed by atoms with E-state index in [-0.39, 0.29) is 11.4 Å². The van der Waals surface area contributed by atoms with Gasteiger partial charge in [-0.25, -0.2) is 0 Å². The van der Waals surface area contributed by atoms with Gasteiger partial charge in [-0.05, 0) is 81.4 Å². The summed E-state index contributed by atoms with van der Waals surface area (Å²) in [5.41, 5.74) is 1.74. The van der Waals surface area contributed by atoms with Crippen LogP contribution in [0.25, 0.3) is 0 Å². The molecule has 3 fully saturated rings. The maximum absolute atomic E-state index is 11.9. The molecule has 1 amide bonds. The SMILES string of the molecule is CNC(=O)CC1(N2CCC(CCC3CC3c3ccccc3)CC2)CCC1. The van der Waals surface area contributed by atoms with Crippen LogP contribution in [0.15, 0.2) is 30.3 Å². The molecule has 1 aromatic rings. The van der Waals surface area contributed by atoms with E-state index >= 15 is 0 Å². The summed E-state index contributed by atoms with van der Waals surface area (Å²) >= 11 is 0. The van der Waals surface area contributed by atoms with Crippen LogP contribution in [0, 0.1) is 11.8 Å². The Morgan fingerprint density at radius 3 is 2.50 bits per heavy atom. The van der Waals surface area contributed by atoms with E-state index in [1.54, 1.807) is 12.6 Å². The Labute approximate surface area is 158 Å². The highest BCUT2D eigenvalue weighted by Crippen LogP contribution is 2.51. The Morgan fingerprint density at radius 1 is 1.15 bits per heavy atom. The first kappa shape index (κ1) is 18.0. The van der Waals surface area contributed by atoms with Crippen molar-refractivity contribution in [2.75, 3.05) is 20.1 Å². The molecule has 26 heavy (non-hydrogen) atoms. The van der Waals surface area contributed by atoms with Crippen molar-refractivity contribution in [1.29, 1.82) is 0 Å². The van der Waals surface area contributed by atoms with E-state index in [9.17, 15) is 4.79 Å². The lowest BCUT2D eigenvalue weighted by atomic mass is 9.71. The Bertz CT molecular complexity index is 602. The summed E-state index contributed by atoms with van der Waals surface area (Å²) < 4.78 is 0. The van der Waals surface area contributed by atoms with Crippen LogP contribution in [0.5, 0.6) is 0 Å². The Balaban J connectivity index is 1.20.